The Morgan fingerprint density at radius 1 is 1.09 bits per heavy atom. The molecule has 0 aromatic heterocycles. The van der Waals surface area contributed by atoms with Crippen molar-refractivity contribution in [2.24, 2.45) is 0 Å². The maximum Gasteiger partial charge on any atom is 0.241 e. The SMILES string of the molecule is CC(C)(C)[Si](C)(C)OC1CC2C(=O)C(Cc3ccc(C#N)cc3)(c3ccccc3)C(=O)N2C1. The molecule has 0 N–H and O–H groups in total. The summed E-state index contributed by atoms with van der Waals surface area (Å²) in [6, 6.07) is 18.2. The Hall–Kier alpha value is -2.75. The van der Waals surface area contributed by atoms with E-state index in [4.69, 9.17) is 9.69 Å². The van der Waals surface area contributed by atoms with E-state index in [9.17, 15) is 9.59 Å². The van der Waals surface area contributed by atoms with Crippen molar-refractivity contribution in [1.29, 1.82) is 5.26 Å². The molecule has 3 unspecified atom stereocenters. The van der Waals surface area contributed by atoms with Gasteiger partial charge in [0.25, 0.3) is 0 Å². The van der Waals surface area contributed by atoms with E-state index in [0.717, 1.165) is 11.1 Å². The summed E-state index contributed by atoms with van der Waals surface area (Å²) < 4.78 is 6.58. The monoisotopic (exact) mass is 460 g/mol. The predicted molar refractivity (Wildman–Crippen MR) is 130 cm³/mol. The molecule has 2 aliphatic heterocycles. The molecule has 2 aliphatic rings. The topological polar surface area (TPSA) is 70.4 Å². The van der Waals surface area contributed by atoms with Gasteiger partial charge in [-0.2, -0.15) is 5.26 Å². The van der Waals surface area contributed by atoms with Gasteiger partial charge >= 0.3 is 0 Å². The van der Waals surface area contributed by atoms with E-state index < -0.39 is 19.8 Å². The number of benzene rings is 2. The lowest BCUT2D eigenvalue weighted by molar-refractivity contribution is -0.134. The molecule has 0 radical (unpaired) electrons. The average molecular weight is 461 g/mol. The van der Waals surface area contributed by atoms with Gasteiger partial charge in [-0.25, -0.2) is 0 Å². The fourth-order valence-corrected chi connectivity index (χ4v) is 6.20. The molecular formula is C27H32N2O3Si. The van der Waals surface area contributed by atoms with Gasteiger partial charge < -0.3 is 9.33 Å². The maximum absolute atomic E-state index is 14.0. The number of nitriles is 1. The van der Waals surface area contributed by atoms with E-state index in [1.807, 2.05) is 42.5 Å². The molecule has 2 aromatic rings. The van der Waals surface area contributed by atoms with Crippen LogP contribution in [0.2, 0.25) is 18.1 Å². The van der Waals surface area contributed by atoms with Gasteiger partial charge in [-0.15, -0.1) is 0 Å². The maximum atomic E-state index is 14.0. The highest BCUT2D eigenvalue weighted by Crippen LogP contribution is 2.45. The first-order valence-electron chi connectivity index (χ1n) is 11.6. The second-order valence-electron chi connectivity index (χ2n) is 10.8. The summed E-state index contributed by atoms with van der Waals surface area (Å²) in [5.74, 6) is -0.168. The Kier molecular flexibility index (Phi) is 5.84. The molecular weight excluding hydrogens is 428 g/mol. The fraction of sp³-hybridized carbons (Fsp3) is 0.444. The zero-order valence-electron chi connectivity index (χ0n) is 20.1. The lowest BCUT2D eigenvalue weighted by Crippen LogP contribution is -2.47. The molecule has 3 atom stereocenters. The third-order valence-corrected chi connectivity index (χ3v) is 12.2. The smallest absolute Gasteiger partial charge is 0.241 e. The molecule has 2 aromatic carbocycles. The fourth-order valence-electron chi connectivity index (χ4n) is 4.84. The summed E-state index contributed by atoms with van der Waals surface area (Å²) in [5.41, 5.74) is 0.931. The minimum Gasteiger partial charge on any atom is -0.412 e. The molecule has 33 heavy (non-hydrogen) atoms. The van der Waals surface area contributed by atoms with E-state index in [-0.39, 0.29) is 22.8 Å². The van der Waals surface area contributed by atoms with Crippen molar-refractivity contribution >= 4 is 20.0 Å². The molecule has 0 spiro atoms. The van der Waals surface area contributed by atoms with Crippen molar-refractivity contribution in [2.45, 2.75) is 69.3 Å². The number of fused-ring (bicyclic) bond motifs is 1. The van der Waals surface area contributed by atoms with Crippen LogP contribution in [0.25, 0.3) is 0 Å². The summed E-state index contributed by atoms with van der Waals surface area (Å²) >= 11 is 0. The average Bonchev–Trinajstić information content (AvgIpc) is 3.26. The minimum absolute atomic E-state index is 0.0376. The number of carbonyl (C=O) groups excluding carboxylic acids is 2. The van der Waals surface area contributed by atoms with Crippen molar-refractivity contribution in [1.82, 2.24) is 4.90 Å². The number of carbonyl (C=O) groups is 2. The van der Waals surface area contributed by atoms with Crippen molar-refractivity contribution < 1.29 is 14.0 Å². The van der Waals surface area contributed by atoms with Crippen LogP contribution in [0.3, 0.4) is 0 Å². The first-order chi connectivity index (χ1) is 15.5. The lowest BCUT2D eigenvalue weighted by atomic mass is 9.72. The van der Waals surface area contributed by atoms with Gasteiger partial charge in [-0.1, -0.05) is 63.2 Å². The predicted octanol–water partition coefficient (Wildman–Crippen LogP) is 4.61. The number of hydrogen-bond acceptors (Lipinski definition) is 4. The standard InChI is InChI=1S/C27H32N2O3Si/c1-26(2,3)33(4,5)32-22-15-23-24(30)27(25(31)29(23)18-22,21-9-7-6-8-10-21)16-19-11-13-20(17-28)14-12-19/h6-14,22-23H,15-16,18H2,1-5H3. The Morgan fingerprint density at radius 2 is 1.73 bits per heavy atom. The van der Waals surface area contributed by atoms with Crippen LogP contribution in [0, 0.1) is 11.3 Å². The molecule has 2 fully saturated rings. The van der Waals surface area contributed by atoms with Gasteiger partial charge in [-0.05, 0) is 47.8 Å². The Balaban J connectivity index is 1.66. The number of amides is 1. The Bertz CT molecular complexity index is 1070. The molecule has 5 nitrogen and oxygen atoms in total. The van der Waals surface area contributed by atoms with E-state index in [1.54, 1.807) is 17.0 Å². The van der Waals surface area contributed by atoms with Crippen LogP contribution < -0.4 is 0 Å². The molecule has 0 bridgehead atoms. The van der Waals surface area contributed by atoms with Gasteiger partial charge in [0.2, 0.25) is 5.91 Å². The van der Waals surface area contributed by atoms with Gasteiger partial charge in [-0.3, -0.25) is 9.59 Å². The quantitative estimate of drug-likeness (QED) is 0.482. The number of ketones is 1. The molecule has 2 saturated heterocycles. The Labute approximate surface area is 197 Å². The highest BCUT2D eigenvalue weighted by atomic mass is 28.4. The summed E-state index contributed by atoms with van der Waals surface area (Å²) in [4.78, 5) is 29.7. The molecule has 6 heteroatoms. The van der Waals surface area contributed by atoms with E-state index >= 15 is 0 Å². The third-order valence-electron chi connectivity index (χ3n) is 7.70. The van der Waals surface area contributed by atoms with Crippen LogP contribution in [-0.4, -0.2) is 43.6 Å². The summed E-state index contributed by atoms with van der Waals surface area (Å²) in [7, 11) is -2.01. The zero-order chi connectivity index (χ0) is 24.0. The van der Waals surface area contributed by atoms with Crippen LogP contribution in [0.15, 0.2) is 54.6 Å². The number of Topliss-reactive ketones (excluding diaryl/α,β-unsaturated/α-hetero) is 1. The normalized spacial score (nSPS) is 25.3. The highest BCUT2D eigenvalue weighted by Gasteiger charge is 2.62. The lowest BCUT2D eigenvalue weighted by Gasteiger charge is -2.38. The second kappa shape index (κ2) is 8.23. The van der Waals surface area contributed by atoms with Crippen molar-refractivity contribution in [2.75, 3.05) is 6.54 Å². The summed E-state index contributed by atoms with van der Waals surface area (Å²) in [6.45, 7) is 11.5. The van der Waals surface area contributed by atoms with E-state index in [1.165, 1.54) is 0 Å². The van der Waals surface area contributed by atoms with Gasteiger partial charge in [0.05, 0.1) is 23.8 Å². The minimum atomic E-state index is -2.01. The van der Waals surface area contributed by atoms with Crippen molar-refractivity contribution in [3.63, 3.8) is 0 Å². The molecule has 172 valence electrons. The number of rotatable bonds is 5. The molecule has 0 saturated carbocycles. The first kappa shape index (κ1) is 23.4. The third kappa shape index (κ3) is 3.94. The highest BCUT2D eigenvalue weighted by molar-refractivity contribution is 6.74. The number of hydrogen-bond donors (Lipinski definition) is 0. The zero-order valence-corrected chi connectivity index (χ0v) is 21.1. The first-order valence-corrected chi connectivity index (χ1v) is 14.5. The molecule has 4 rings (SSSR count). The van der Waals surface area contributed by atoms with Gasteiger partial charge in [0.1, 0.15) is 5.41 Å². The van der Waals surface area contributed by atoms with Crippen LogP contribution in [0.5, 0.6) is 0 Å². The Morgan fingerprint density at radius 3 is 2.27 bits per heavy atom. The number of nitrogens with zero attached hydrogens (tertiary/aromatic N) is 2. The van der Waals surface area contributed by atoms with E-state index in [0.29, 0.717) is 24.9 Å². The molecule has 2 heterocycles. The molecule has 0 aliphatic carbocycles. The largest absolute Gasteiger partial charge is 0.412 e. The van der Waals surface area contributed by atoms with Gasteiger partial charge in [0.15, 0.2) is 14.1 Å². The summed E-state index contributed by atoms with van der Waals surface area (Å²) in [5, 5.41) is 9.18. The van der Waals surface area contributed by atoms with Crippen LogP contribution in [-0.2, 0) is 25.9 Å². The van der Waals surface area contributed by atoms with Gasteiger partial charge in [0, 0.05) is 13.0 Å². The molecule has 1 amide bonds. The van der Waals surface area contributed by atoms with Crippen molar-refractivity contribution in [3.05, 3.63) is 71.3 Å². The second-order valence-corrected chi connectivity index (χ2v) is 15.6. The van der Waals surface area contributed by atoms with Crippen LogP contribution >= 0.6 is 0 Å². The summed E-state index contributed by atoms with van der Waals surface area (Å²) in [6.07, 6.45) is 0.743. The van der Waals surface area contributed by atoms with Crippen LogP contribution in [0.4, 0.5) is 0 Å². The van der Waals surface area contributed by atoms with Crippen molar-refractivity contribution in [3.8, 4) is 6.07 Å². The van der Waals surface area contributed by atoms with Crippen LogP contribution in [0.1, 0.15) is 43.9 Å². The van der Waals surface area contributed by atoms with E-state index in [2.05, 4.69) is 39.9 Å².